The molecule has 0 fully saturated rings. The van der Waals surface area contributed by atoms with Gasteiger partial charge in [-0.1, -0.05) is 27.7 Å². The first-order valence-corrected chi connectivity index (χ1v) is 10.2. The molecule has 0 rings (SSSR count). The Morgan fingerprint density at radius 1 is 1.16 bits per heavy atom. The molecule has 0 saturated heterocycles. The van der Waals surface area contributed by atoms with E-state index in [1.165, 1.54) is 6.92 Å². The van der Waals surface area contributed by atoms with E-state index < -0.39 is 8.32 Å². The lowest BCUT2D eigenvalue weighted by Crippen LogP contribution is -2.41. The molecular formula is C15H32O3Si. The van der Waals surface area contributed by atoms with Gasteiger partial charge in [-0.15, -0.1) is 0 Å². The summed E-state index contributed by atoms with van der Waals surface area (Å²) >= 11 is 0. The van der Waals surface area contributed by atoms with Gasteiger partial charge < -0.3 is 9.16 Å². The summed E-state index contributed by atoms with van der Waals surface area (Å²) in [5.41, 5.74) is 0. The molecule has 0 saturated carbocycles. The van der Waals surface area contributed by atoms with Crippen molar-refractivity contribution in [2.75, 3.05) is 13.2 Å². The molecular weight excluding hydrogens is 256 g/mol. The SMILES string of the molecule is CC(=O)OCCC(C)CCCO[Si](C)(C)C(C)(C)C. The molecule has 4 heteroatoms. The quantitative estimate of drug-likeness (QED) is 0.378. The Kier molecular flexibility index (Phi) is 7.90. The van der Waals surface area contributed by atoms with Gasteiger partial charge in [-0.2, -0.15) is 0 Å². The van der Waals surface area contributed by atoms with Crippen molar-refractivity contribution in [3.8, 4) is 0 Å². The maximum Gasteiger partial charge on any atom is 0.302 e. The van der Waals surface area contributed by atoms with Crippen LogP contribution in [0.15, 0.2) is 0 Å². The van der Waals surface area contributed by atoms with Crippen LogP contribution < -0.4 is 0 Å². The van der Waals surface area contributed by atoms with Gasteiger partial charge in [-0.05, 0) is 43.3 Å². The van der Waals surface area contributed by atoms with Crippen LogP contribution in [0, 0.1) is 5.92 Å². The fourth-order valence-electron chi connectivity index (χ4n) is 1.52. The normalized spacial score (nSPS) is 14.3. The van der Waals surface area contributed by atoms with Gasteiger partial charge in [-0.3, -0.25) is 4.79 Å². The van der Waals surface area contributed by atoms with Crippen LogP contribution in [0.5, 0.6) is 0 Å². The molecule has 0 N–H and O–H groups in total. The highest BCUT2D eigenvalue weighted by molar-refractivity contribution is 6.74. The summed E-state index contributed by atoms with van der Waals surface area (Å²) in [4.78, 5) is 10.7. The van der Waals surface area contributed by atoms with E-state index in [4.69, 9.17) is 9.16 Å². The topological polar surface area (TPSA) is 35.5 Å². The summed E-state index contributed by atoms with van der Waals surface area (Å²) in [6.07, 6.45) is 3.17. The van der Waals surface area contributed by atoms with Crippen LogP contribution in [0.2, 0.25) is 18.1 Å². The van der Waals surface area contributed by atoms with Crippen molar-refractivity contribution in [3.05, 3.63) is 0 Å². The Morgan fingerprint density at radius 3 is 2.21 bits per heavy atom. The predicted molar refractivity (Wildman–Crippen MR) is 82.8 cm³/mol. The molecule has 0 amide bonds. The third-order valence-corrected chi connectivity index (χ3v) is 8.56. The zero-order valence-corrected chi connectivity index (χ0v) is 14.8. The van der Waals surface area contributed by atoms with E-state index in [9.17, 15) is 4.79 Å². The first-order valence-electron chi connectivity index (χ1n) is 7.33. The third-order valence-electron chi connectivity index (χ3n) is 4.03. The Morgan fingerprint density at radius 2 is 1.74 bits per heavy atom. The zero-order chi connectivity index (χ0) is 15.1. The van der Waals surface area contributed by atoms with Crippen LogP contribution in [-0.2, 0) is 14.0 Å². The van der Waals surface area contributed by atoms with Crippen molar-refractivity contribution in [2.45, 2.75) is 72.0 Å². The number of esters is 1. The fourth-order valence-corrected chi connectivity index (χ4v) is 2.61. The van der Waals surface area contributed by atoms with Crippen LogP contribution >= 0.6 is 0 Å². The molecule has 1 unspecified atom stereocenters. The highest BCUT2D eigenvalue weighted by Crippen LogP contribution is 2.36. The maximum atomic E-state index is 10.7. The minimum absolute atomic E-state index is 0.187. The maximum absolute atomic E-state index is 10.7. The largest absolute Gasteiger partial charge is 0.466 e. The molecule has 0 aliphatic carbocycles. The molecule has 19 heavy (non-hydrogen) atoms. The monoisotopic (exact) mass is 288 g/mol. The Labute approximate surface area is 120 Å². The predicted octanol–water partition coefficient (Wildman–Crippen LogP) is 4.38. The second kappa shape index (κ2) is 8.05. The first kappa shape index (κ1) is 18.6. The lowest BCUT2D eigenvalue weighted by Gasteiger charge is -2.36. The number of hydrogen-bond acceptors (Lipinski definition) is 3. The smallest absolute Gasteiger partial charge is 0.302 e. The molecule has 0 aromatic carbocycles. The number of hydrogen-bond donors (Lipinski definition) is 0. The summed E-state index contributed by atoms with van der Waals surface area (Å²) in [7, 11) is -1.59. The second-order valence-corrected chi connectivity index (χ2v) is 11.8. The van der Waals surface area contributed by atoms with E-state index in [0.717, 1.165) is 25.9 Å². The Balaban J connectivity index is 3.72. The minimum atomic E-state index is -1.59. The van der Waals surface area contributed by atoms with E-state index in [1.807, 2.05) is 0 Å². The van der Waals surface area contributed by atoms with Crippen molar-refractivity contribution in [3.63, 3.8) is 0 Å². The summed E-state index contributed by atoms with van der Waals surface area (Å²) in [6, 6.07) is 0. The van der Waals surface area contributed by atoms with Crippen LogP contribution in [-0.4, -0.2) is 27.5 Å². The second-order valence-electron chi connectivity index (χ2n) is 6.98. The van der Waals surface area contributed by atoms with Crippen molar-refractivity contribution in [1.29, 1.82) is 0 Å². The van der Waals surface area contributed by atoms with E-state index in [2.05, 4.69) is 40.8 Å². The van der Waals surface area contributed by atoms with Crippen LogP contribution in [0.4, 0.5) is 0 Å². The number of carbonyl (C=O) groups is 1. The summed E-state index contributed by atoms with van der Waals surface area (Å²) in [5, 5.41) is 0.286. The highest BCUT2D eigenvalue weighted by Gasteiger charge is 2.36. The Hall–Kier alpha value is -0.353. The lowest BCUT2D eigenvalue weighted by atomic mass is 10.0. The van der Waals surface area contributed by atoms with E-state index in [1.54, 1.807) is 0 Å². The van der Waals surface area contributed by atoms with Gasteiger partial charge in [0, 0.05) is 13.5 Å². The standard InChI is InChI=1S/C15H32O3Si/c1-13(10-12-17-14(2)16)9-8-11-18-19(6,7)15(3,4)5/h13H,8-12H2,1-7H3. The van der Waals surface area contributed by atoms with E-state index >= 15 is 0 Å². The number of ether oxygens (including phenoxy) is 1. The molecule has 3 nitrogen and oxygen atoms in total. The van der Waals surface area contributed by atoms with Crippen molar-refractivity contribution in [2.24, 2.45) is 5.92 Å². The molecule has 1 atom stereocenters. The van der Waals surface area contributed by atoms with Gasteiger partial charge in [0.2, 0.25) is 0 Å². The minimum Gasteiger partial charge on any atom is -0.466 e. The molecule has 0 spiro atoms. The zero-order valence-electron chi connectivity index (χ0n) is 13.8. The molecule has 0 radical (unpaired) electrons. The summed E-state index contributed by atoms with van der Waals surface area (Å²) in [6.45, 7) is 16.4. The molecule has 0 aromatic heterocycles. The first-order chi connectivity index (χ1) is 8.56. The average Bonchev–Trinajstić information content (AvgIpc) is 2.22. The van der Waals surface area contributed by atoms with Crippen molar-refractivity contribution in [1.82, 2.24) is 0 Å². The molecule has 0 aromatic rings. The van der Waals surface area contributed by atoms with Crippen LogP contribution in [0.1, 0.15) is 53.9 Å². The summed E-state index contributed by atoms with van der Waals surface area (Å²) in [5.74, 6) is 0.399. The van der Waals surface area contributed by atoms with Crippen molar-refractivity contribution < 1.29 is 14.0 Å². The molecule has 0 bridgehead atoms. The molecule has 114 valence electrons. The summed E-state index contributed by atoms with van der Waals surface area (Å²) < 4.78 is 11.1. The van der Waals surface area contributed by atoms with Crippen molar-refractivity contribution >= 4 is 14.3 Å². The van der Waals surface area contributed by atoms with Gasteiger partial charge in [-0.25, -0.2) is 0 Å². The lowest BCUT2D eigenvalue weighted by molar-refractivity contribution is -0.141. The van der Waals surface area contributed by atoms with Gasteiger partial charge in [0.05, 0.1) is 6.61 Å². The Bertz CT molecular complexity index is 269. The molecule has 0 heterocycles. The van der Waals surface area contributed by atoms with Gasteiger partial charge >= 0.3 is 5.97 Å². The van der Waals surface area contributed by atoms with E-state index in [-0.39, 0.29) is 11.0 Å². The number of carbonyl (C=O) groups excluding carboxylic acids is 1. The average molecular weight is 289 g/mol. The highest BCUT2D eigenvalue weighted by atomic mass is 28.4. The molecule has 0 aliphatic heterocycles. The fraction of sp³-hybridized carbons (Fsp3) is 0.933. The van der Waals surface area contributed by atoms with E-state index in [0.29, 0.717) is 12.5 Å². The van der Waals surface area contributed by atoms with Crippen LogP contribution in [0.25, 0.3) is 0 Å². The van der Waals surface area contributed by atoms with Gasteiger partial charge in [0.15, 0.2) is 8.32 Å². The molecule has 0 aliphatic rings. The van der Waals surface area contributed by atoms with Crippen LogP contribution in [0.3, 0.4) is 0 Å². The number of rotatable bonds is 8. The van der Waals surface area contributed by atoms with Gasteiger partial charge in [0.1, 0.15) is 0 Å². The van der Waals surface area contributed by atoms with Gasteiger partial charge in [0.25, 0.3) is 0 Å². The third kappa shape index (κ3) is 8.42.